The van der Waals surface area contributed by atoms with E-state index in [0.717, 1.165) is 18.6 Å². The Hall–Kier alpha value is -1.04. The molecule has 5 heteroatoms. The molecule has 0 aromatic heterocycles. The van der Waals surface area contributed by atoms with Crippen molar-refractivity contribution in [2.45, 2.75) is 63.9 Å². The van der Waals surface area contributed by atoms with E-state index in [1.54, 1.807) is 0 Å². The van der Waals surface area contributed by atoms with E-state index in [0.29, 0.717) is 12.2 Å². The van der Waals surface area contributed by atoms with Gasteiger partial charge in [-0.05, 0) is 58.1 Å². The summed E-state index contributed by atoms with van der Waals surface area (Å²) in [5.41, 5.74) is 1.77. The van der Waals surface area contributed by atoms with Crippen molar-refractivity contribution in [1.29, 1.82) is 0 Å². The first-order chi connectivity index (χ1) is 10.8. The van der Waals surface area contributed by atoms with E-state index in [1.807, 2.05) is 0 Å². The lowest BCUT2D eigenvalue weighted by molar-refractivity contribution is 0.00578. The molecular formula is C18H26BNO3. The molecule has 4 nitrogen and oxygen atoms in total. The third kappa shape index (κ3) is 2.69. The molecule has 1 aromatic rings. The minimum atomic E-state index is -0.292. The van der Waals surface area contributed by atoms with Gasteiger partial charge in [-0.25, -0.2) is 0 Å². The Labute approximate surface area is 139 Å². The smallest absolute Gasteiger partial charge is 0.399 e. The summed E-state index contributed by atoms with van der Waals surface area (Å²) in [4.78, 5) is 2.44. The second-order valence-electron chi connectivity index (χ2n) is 8.04. The van der Waals surface area contributed by atoms with Crippen molar-refractivity contribution in [3.63, 3.8) is 0 Å². The predicted molar refractivity (Wildman–Crippen MR) is 92.3 cm³/mol. The zero-order valence-corrected chi connectivity index (χ0v) is 14.5. The topological polar surface area (TPSA) is 30.9 Å². The zero-order chi connectivity index (χ0) is 16.2. The van der Waals surface area contributed by atoms with Crippen molar-refractivity contribution < 1.29 is 14.0 Å². The maximum atomic E-state index is 6.12. The third-order valence-electron chi connectivity index (χ3n) is 5.83. The van der Waals surface area contributed by atoms with Gasteiger partial charge in [-0.1, -0.05) is 12.1 Å². The van der Waals surface area contributed by atoms with Gasteiger partial charge in [-0.3, -0.25) is 0 Å². The molecule has 124 valence electrons. The van der Waals surface area contributed by atoms with Crippen molar-refractivity contribution in [1.82, 2.24) is 0 Å². The number of anilines is 1. The van der Waals surface area contributed by atoms with Crippen LogP contribution >= 0.6 is 0 Å². The molecule has 0 unspecified atom stereocenters. The number of fused-ring (bicyclic) bond motifs is 2. The van der Waals surface area contributed by atoms with E-state index in [2.05, 4.69) is 56.9 Å². The Bertz CT molecular complexity index is 558. The van der Waals surface area contributed by atoms with E-state index in [-0.39, 0.29) is 18.3 Å². The second-order valence-corrected chi connectivity index (χ2v) is 8.04. The van der Waals surface area contributed by atoms with Crippen LogP contribution in [0.4, 0.5) is 5.69 Å². The van der Waals surface area contributed by atoms with Crippen LogP contribution in [0.5, 0.6) is 0 Å². The van der Waals surface area contributed by atoms with Crippen LogP contribution in [0.25, 0.3) is 0 Å². The molecule has 3 aliphatic heterocycles. The molecule has 0 saturated carbocycles. The molecule has 0 N–H and O–H groups in total. The van der Waals surface area contributed by atoms with Gasteiger partial charge < -0.3 is 18.9 Å². The Balaban J connectivity index is 1.49. The molecule has 23 heavy (non-hydrogen) atoms. The van der Waals surface area contributed by atoms with Crippen LogP contribution in [0, 0.1) is 0 Å². The fraction of sp³-hybridized carbons (Fsp3) is 0.667. The largest absolute Gasteiger partial charge is 0.494 e. The molecule has 0 spiro atoms. The Morgan fingerprint density at radius 2 is 1.43 bits per heavy atom. The van der Waals surface area contributed by atoms with Gasteiger partial charge in [-0.2, -0.15) is 0 Å². The van der Waals surface area contributed by atoms with Gasteiger partial charge in [0.25, 0.3) is 0 Å². The molecule has 3 fully saturated rings. The normalized spacial score (nSPS) is 31.7. The molecule has 2 bridgehead atoms. The first kappa shape index (κ1) is 15.5. The van der Waals surface area contributed by atoms with Crippen molar-refractivity contribution >= 4 is 18.3 Å². The summed E-state index contributed by atoms with van der Waals surface area (Å²) in [6.07, 6.45) is 3.23. The highest BCUT2D eigenvalue weighted by Crippen LogP contribution is 2.36. The minimum absolute atomic E-state index is 0.282. The lowest BCUT2D eigenvalue weighted by Crippen LogP contribution is -2.43. The molecule has 0 amide bonds. The van der Waals surface area contributed by atoms with Gasteiger partial charge >= 0.3 is 7.12 Å². The lowest BCUT2D eigenvalue weighted by atomic mass is 9.79. The van der Waals surface area contributed by atoms with E-state index >= 15 is 0 Å². The van der Waals surface area contributed by atoms with Gasteiger partial charge in [0.15, 0.2) is 0 Å². The maximum Gasteiger partial charge on any atom is 0.494 e. The van der Waals surface area contributed by atoms with Crippen LogP contribution < -0.4 is 10.4 Å². The Kier molecular flexibility index (Phi) is 3.52. The number of hydrogen-bond donors (Lipinski definition) is 0. The van der Waals surface area contributed by atoms with Gasteiger partial charge in [0, 0.05) is 18.8 Å². The predicted octanol–water partition coefficient (Wildman–Crippen LogP) is 2.35. The Morgan fingerprint density at radius 1 is 0.913 bits per heavy atom. The number of hydrogen-bond acceptors (Lipinski definition) is 4. The van der Waals surface area contributed by atoms with Crippen LogP contribution in [0.2, 0.25) is 0 Å². The quantitative estimate of drug-likeness (QED) is 0.784. The fourth-order valence-electron chi connectivity index (χ4n) is 3.65. The average Bonchev–Trinajstić information content (AvgIpc) is 2.95. The number of morpholine rings is 1. The first-order valence-electron chi connectivity index (χ1n) is 8.70. The third-order valence-corrected chi connectivity index (χ3v) is 5.83. The average molecular weight is 315 g/mol. The number of nitrogens with zero attached hydrogens (tertiary/aromatic N) is 1. The summed E-state index contributed by atoms with van der Waals surface area (Å²) >= 11 is 0. The number of rotatable bonds is 2. The summed E-state index contributed by atoms with van der Waals surface area (Å²) in [7, 11) is -0.282. The summed E-state index contributed by atoms with van der Waals surface area (Å²) in [5.74, 6) is 0. The van der Waals surface area contributed by atoms with Crippen molar-refractivity contribution in [3.8, 4) is 0 Å². The summed E-state index contributed by atoms with van der Waals surface area (Å²) in [6.45, 7) is 10.4. The number of benzene rings is 1. The molecule has 0 radical (unpaired) electrons. The van der Waals surface area contributed by atoms with E-state index < -0.39 is 0 Å². The van der Waals surface area contributed by atoms with Crippen LogP contribution in [0.15, 0.2) is 24.3 Å². The van der Waals surface area contributed by atoms with Crippen LogP contribution in [-0.4, -0.2) is 43.6 Å². The van der Waals surface area contributed by atoms with E-state index in [4.69, 9.17) is 14.0 Å². The maximum absolute atomic E-state index is 6.12. The van der Waals surface area contributed by atoms with Crippen LogP contribution in [0.1, 0.15) is 40.5 Å². The highest BCUT2D eigenvalue weighted by molar-refractivity contribution is 6.62. The van der Waals surface area contributed by atoms with Gasteiger partial charge in [0.2, 0.25) is 0 Å². The highest BCUT2D eigenvalue weighted by atomic mass is 16.7. The summed E-state index contributed by atoms with van der Waals surface area (Å²) < 4.78 is 18.2. The molecule has 3 saturated heterocycles. The monoisotopic (exact) mass is 315 g/mol. The first-order valence-corrected chi connectivity index (χ1v) is 8.70. The SMILES string of the molecule is CC1(C)OB(c2ccc(N3C[C@H]4CC[C@@H](C3)O4)cc2)OC1(C)C. The van der Waals surface area contributed by atoms with Crippen molar-refractivity contribution in [2.24, 2.45) is 0 Å². The van der Waals surface area contributed by atoms with Gasteiger partial charge in [0.1, 0.15) is 0 Å². The standard InChI is InChI=1S/C18H26BNO3/c1-17(2)18(3,4)23-19(22-17)13-5-7-14(8-6-13)20-11-15-9-10-16(12-20)21-15/h5-8,15-16H,9-12H2,1-4H3/t15-,16+. The molecule has 4 rings (SSSR count). The Morgan fingerprint density at radius 3 is 1.96 bits per heavy atom. The fourth-order valence-corrected chi connectivity index (χ4v) is 3.65. The molecular weight excluding hydrogens is 289 g/mol. The summed E-state index contributed by atoms with van der Waals surface area (Å²) in [6, 6.07) is 8.64. The zero-order valence-electron chi connectivity index (χ0n) is 14.5. The van der Waals surface area contributed by atoms with Crippen LogP contribution in [0.3, 0.4) is 0 Å². The lowest BCUT2D eigenvalue weighted by Gasteiger charge is -2.34. The van der Waals surface area contributed by atoms with Crippen molar-refractivity contribution in [3.05, 3.63) is 24.3 Å². The van der Waals surface area contributed by atoms with Gasteiger partial charge in [0.05, 0.1) is 23.4 Å². The molecule has 3 heterocycles. The highest BCUT2D eigenvalue weighted by Gasteiger charge is 2.51. The van der Waals surface area contributed by atoms with E-state index in [1.165, 1.54) is 18.5 Å². The molecule has 3 aliphatic rings. The van der Waals surface area contributed by atoms with Crippen molar-refractivity contribution in [2.75, 3.05) is 18.0 Å². The molecule has 1 aromatic carbocycles. The van der Waals surface area contributed by atoms with Crippen LogP contribution in [-0.2, 0) is 14.0 Å². The number of ether oxygens (including phenoxy) is 1. The molecule has 0 aliphatic carbocycles. The second kappa shape index (κ2) is 5.23. The molecule has 2 atom stereocenters. The van der Waals surface area contributed by atoms with E-state index in [9.17, 15) is 0 Å². The summed E-state index contributed by atoms with van der Waals surface area (Å²) in [5, 5.41) is 0. The minimum Gasteiger partial charge on any atom is -0.399 e. The van der Waals surface area contributed by atoms with Gasteiger partial charge in [-0.15, -0.1) is 0 Å².